The van der Waals surface area contributed by atoms with E-state index in [0.29, 0.717) is 28.9 Å². The monoisotopic (exact) mass is 299 g/mol. The molecule has 0 aliphatic carbocycles. The molecule has 0 unspecified atom stereocenters. The van der Waals surface area contributed by atoms with Crippen molar-refractivity contribution < 1.29 is 9.47 Å². The van der Waals surface area contributed by atoms with Crippen molar-refractivity contribution in [1.82, 2.24) is 5.32 Å². The molecule has 0 fully saturated rings. The molecule has 1 aromatic carbocycles. The molecule has 0 heterocycles. The van der Waals surface area contributed by atoms with Crippen LogP contribution >= 0.6 is 35.6 Å². The van der Waals surface area contributed by atoms with Crippen LogP contribution in [0.25, 0.3) is 0 Å². The van der Waals surface area contributed by atoms with Crippen molar-refractivity contribution in [2.45, 2.75) is 6.54 Å². The van der Waals surface area contributed by atoms with E-state index in [9.17, 15) is 0 Å². The van der Waals surface area contributed by atoms with E-state index in [0.717, 1.165) is 12.1 Å². The van der Waals surface area contributed by atoms with Crippen LogP contribution < -0.4 is 10.1 Å². The lowest BCUT2D eigenvalue weighted by atomic mass is 10.2. The smallest absolute Gasteiger partial charge is 0.142 e. The fraction of sp³-hybridized carbons (Fsp3) is 0.455. The third-order valence-corrected chi connectivity index (χ3v) is 2.59. The van der Waals surface area contributed by atoms with Gasteiger partial charge in [-0.05, 0) is 12.1 Å². The summed E-state index contributed by atoms with van der Waals surface area (Å²) in [4.78, 5) is 0. The molecule has 0 aliphatic heterocycles. The molecule has 1 N–H and O–H groups in total. The van der Waals surface area contributed by atoms with Gasteiger partial charge in [0.1, 0.15) is 5.75 Å². The van der Waals surface area contributed by atoms with Crippen LogP contribution in [-0.4, -0.2) is 27.4 Å². The first-order chi connectivity index (χ1) is 7.69. The molecule has 1 rings (SSSR count). The molecule has 0 spiro atoms. The largest absolute Gasteiger partial charge is 0.495 e. The van der Waals surface area contributed by atoms with E-state index in [4.69, 9.17) is 32.7 Å². The molecule has 3 nitrogen and oxygen atoms in total. The molecule has 17 heavy (non-hydrogen) atoms. The number of rotatable bonds is 6. The summed E-state index contributed by atoms with van der Waals surface area (Å²) >= 11 is 11.9. The molecule has 0 aromatic heterocycles. The van der Waals surface area contributed by atoms with Gasteiger partial charge >= 0.3 is 0 Å². The van der Waals surface area contributed by atoms with Gasteiger partial charge in [-0.25, -0.2) is 0 Å². The van der Waals surface area contributed by atoms with Crippen molar-refractivity contribution in [1.29, 1.82) is 0 Å². The Labute approximate surface area is 118 Å². The van der Waals surface area contributed by atoms with Gasteiger partial charge in [-0.1, -0.05) is 23.2 Å². The maximum atomic E-state index is 6.01. The van der Waals surface area contributed by atoms with Crippen LogP contribution in [0.4, 0.5) is 0 Å². The van der Waals surface area contributed by atoms with Crippen molar-refractivity contribution in [3.8, 4) is 5.75 Å². The minimum atomic E-state index is 0. The molecular formula is C11H16Cl3NO2. The van der Waals surface area contributed by atoms with Gasteiger partial charge in [-0.2, -0.15) is 0 Å². The van der Waals surface area contributed by atoms with Gasteiger partial charge in [-0.15, -0.1) is 12.4 Å². The lowest BCUT2D eigenvalue weighted by molar-refractivity contribution is 0.199. The highest BCUT2D eigenvalue weighted by molar-refractivity contribution is 6.35. The van der Waals surface area contributed by atoms with Gasteiger partial charge in [0.15, 0.2) is 0 Å². The predicted molar refractivity (Wildman–Crippen MR) is 73.8 cm³/mol. The number of halogens is 3. The molecule has 1 aromatic rings. The standard InChI is InChI=1S/C11H15Cl2NO2.ClH/c1-15-4-3-14-7-8-5-9(12)6-10(13)11(8)16-2;/h5-6,14H,3-4,7H2,1-2H3;1H. The van der Waals surface area contributed by atoms with Crippen LogP contribution in [0.15, 0.2) is 12.1 Å². The second-order valence-corrected chi connectivity index (χ2v) is 4.09. The summed E-state index contributed by atoms with van der Waals surface area (Å²) in [6.07, 6.45) is 0. The number of methoxy groups -OCH3 is 2. The summed E-state index contributed by atoms with van der Waals surface area (Å²) in [5, 5.41) is 4.34. The highest BCUT2D eigenvalue weighted by atomic mass is 35.5. The fourth-order valence-electron chi connectivity index (χ4n) is 1.37. The average Bonchev–Trinajstić information content (AvgIpc) is 2.24. The summed E-state index contributed by atoms with van der Waals surface area (Å²) in [6, 6.07) is 3.51. The summed E-state index contributed by atoms with van der Waals surface area (Å²) in [5.41, 5.74) is 0.941. The summed E-state index contributed by atoms with van der Waals surface area (Å²) in [5.74, 6) is 0.663. The van der Waals surface area contributed by atoms with E-state index in [-0.39, 0.29) is 12.4 Å². The van der Waals surface area contributed by atoms with Crippen molar-refractivity contribution in [3.63, 3.8) is 0 Å². The highest BCUT2D eigenvalue weighted by Crippen LogP contribution is 2.31. The quantitative estimate of drug-likeness (QED) is 0.819. The first kappa shape index (κ1) is 16.8. The zero-order chi connectivity index (χ0) is 12.0. The fourth-order valence-corrected chi connectivity index (χ4v) is 1.98. The third kappa shape index (κ3) is 5.32. The maximum Gasteiger partial charge on any atom is 0.142 e. The minimum absolute atomic E-state index is 0. The molecule has 0 saturated heterocycles. The van der Waals surface area contributed by atoms with Gasteiger partial charge in [0.2, 0.25) is 0 Å². The first-order valence-corrected chi connectivity index (χ1v) is 5.66. The Morgan fingerprint density at radius 3 is 2.53 bits per heavy atom. The van der Waals surface area contributed by atoms with Gasteiger partial charge in [0.25, 0.3) is 0 Å². The van der Waals surface area contributed by atoms with Crippen LogP contribution in [0.2, 0.25) is 10.0 Å². The Balaban J connectivity index is 0.00000256. The molecule has 0 aliphatic rings. The SMILES string of the molecule is COCCNCc1cc(Cl)cc(Cl)c1OC.Cl. The van der Waals surface area contributed by atoms with E-state index < -0.39 is 0 Å². The topological polar surface area (TPSA) is 30.5 Å². The second-order valence-electron chi connectivity index (χ2n) is 3.25. The van der Waals surface area contributed by atoms with Crippen LogP contribution in [0, 0.1) is 0 Å². The van der Waals surface area contributed by atoms with Gasteiger partial charge in [0.05, 0.1) is 18.7 Å². The number of hydrogen-bond donors (Lipinski definition) is 1. The van der Waals surface area contributed by atoms with E-state index in [2.05, 4.69) is 5.32 Å². The lowest BCUT2D eigenvalue weighted by Crippen LogP contribution is -2.19. The predicted octanol–water partition coefficient (Wildman–Crippen LogP) is 3.16. The molecule has 0 radical (unpaired) electrons. The maximum absolute atomic E-state index is 6.01. The molecule has 0 amide bonds. The first-order valence-electron chi connectivity index (χ1n) is 4.90. The van der Waals surface area contributed by atoms with E-state index >= 15 is 0 Å². The van der Waals surface area contributed by atoms with E-state index in [1.54, 1.807) is 20.3 Å². The molecule has 0 bridgehead atoms. The van der Waals surface area contributed by atoms with Crippen molar-refractivity contribution in [2.75, 3.05) is 27.4 Å². The van der Waals surface area contributed by atoms with E-state index in [1.807, 2.05) is 6.07 Å². The second kappa shape index (κ2) is 8.84. The van der Waals surface area contributed by atoms with Gasteiger partial charge in [0, 0.05) is 30.8 Å². The van der Waals surface area contributed by atoms with Crippen molar-refractivity contribution in [3.05, 3.63) is 27.7 Å². The van der Waals surface area contributed by atoms with Crippen LogP contribution in [-0.2, 0) is 11.3 Å². The van der Waals surface area contributed by atoms with Crippen molar-refractivity contribution in [2.24, 2.45) is 0 Å². The van der Waals surface area contributed by atoms with E-state index in [1.165, 1.54) is 0 Å². The molecule has 6 heteroatoms. The zero-order valence-corrected chi connectivity index (χ0v) is 12.1. The Hall–Kier alpha value is -0.190. The Morgan fingerprint density at radius 1 is 1.24 bits per heavy atom. The Bertz CT molecular complexity index is 348. The molecule has 98 valence electrons. The number of ether oxygens (including phenoxy) is 2. The minimum Gasteiger partial charge on any atom is -0.495 e. The number of benzene rings is 1. The average molecular weight is 301 g/mol. The highest BCUT2D eigenvalue weighted by Gasteiger charge is 2.09. The Morgan fingerprint density at radius 2 is 1.94 bits per heavy atom. The molecular weight excluding hydrogens is 284 g/mol. The van der Waals surface area contributed by atoms with Crippen LogP contribution in [0.1, 0.15) is 5.56 Å². The summed E-state index contributed by atoms with van der Waals surface area (Å²) in [6.45, 7) is 2.08. The summed E-state index contributed by atoms with van der Waals surface area (Å²) in [7, 11) is 3.26. The normalized spacial score (nSPS) is 9.88. The van der Waals surface area contributed by atoms with Gasteiger partial charge in [-0.3, -0.25) is 0 Å². The van der Waals surface area contributed by atoms with Crippen molar-refractivity contribution >= 4 is 35.6 Å². The zero-order valence-electron chi connectivity index (χ0n) is 9.76. The molecule has 0 atom stereocenters. The van der Waals surface area contributed by atoms with Crippen LogP contribution in [0.3, 0.4) is 0 Å². The third-order valence-electron chi connectivity index (χ3n) is 2.09. The van der Waals surface area contributed by atoms with Gasteiger partial charge < -0.3 is 14.8 Å². The number of hydrogen-bond acceptors (Lipinski definition) is 3. The molecule has 0 saturated carbocycles. The van der Waals surface area contributed by atoms with Crippen LogP contribution in [0.5, 0.6) is 5.75 Å². The number of nitrogens with one attached hydrogen (secondary N) is 1. The summed E-state index contributed by atoms with van der Waals surface area (Å²) < 4.78 is 10.2. The lowest BCUT2D eigenvalue weighted by Gasteiger charge is -2.11. The Kier molecular flexibility index (Phi) is 8.74.